The van der Waals surface area contributed by atoms with Crippen LogP contribution < -0.4 is 4.74 Å². The molecule has 2 aromatic rings. The molecule has 0 atom stereocenters. The van der Waals surface area contributed by atoms with Crippen LogP contribution in [0.3, 0.4) is 0 Å². The number of ether oxygens (including phenoxy) is 1. The number of benzene rings is 1. The summed E-state index contributed by atoms with van der Waals surface area (Å²) < 4.78 is 14.7. The summed E-state index contributed by atoms with van der Waals surface area (Å²) in [5.41, 5.74) is 1.00. The molecular weight excluding hydrogens is 208 g/mol. The van der Waals surface area contributed by atoms with E-state index in [4.69, 9.17) is 13.9 Å². The van der Waals surface area contributed by atoms with E-state index in [1.807, 2.05) is 20.8 Å². The van der Waals surface area contributed by atoms with Gasteiger partial charge in [0, 0.05) is 0 Å². The van der Waals surface area contributed by atoms with Gasteiger partial charge in [-0.3, -0.25) is 13.9 Å². The first kappa shape index (κ1) is 10.8. The summed E-state index contributed by atoms with van der Waals surface area (Å²) in [7, 11) is 0. The Labute approximate surface area is 93.1 Å². The Balaban J connectivity index is 2.09. The molecule has 0 unspecified atom stereocenters. The lowest BCUT2D eigenvalue weighted by Crippen LogP contribution is -2.17. The molecule has 2 rings (SSSR count). The van der Waals surface area contributed by atoms with Gasteiger partial charge in [-0.15, -0.1) is 0 Å². The van der Waals surface area contributed by atoms with Crippen molar-refractivity contribution in [2.45, 2.75) is 27.2 Å². The largest absolute Gasteiger partial charge is 0.422 e. The third kappa shape index (κ3) is 2.27. The monoisotopic (exact) mass is 222 g/mol. The number of hydrogen-bond acceptors (Lipinski definition) is 4. The van der Waals surface area contributed by atoms with E-state index in [0.717, 1.165) is 0 Å². The van der Waals surface area contributed by atoms with E-state index in [1.54, 1.807) is 18.2 Å². The number of para-hydroxylation sites is 1. The van der Waals surface area contributed by atoms with Gasteiger partial charge in [0.2, 0.25) is 5.58 Å². The molecule has 0 amide bonds. The van der Waals surface area contributed by atoms with Gasteiger partial charge >= 0.3 is 5.97 Å². The van der Waals surface area contributed by atoms with Crippen molar-refractivity contribution in [3.63, 3.8) is 0 Å². The fraction of sp³-hybridized carbons (Fsp3) is 0.417. The maximum absolute atomic E-state index is 11.6. The first-order valence-electron chi connectivity index (χ1n) is 5.14. The Bertz CT molecular complexity index is 498. The second kappa shape index (κ2) is 3.70. The summed E-state index contributed by atoms with van der Waals surface area (Å²) in [6.07, 6.45) is 0.359. The number of carbonyl (C=O) groups is 1. The molecule has 4 nitrogen and oxygen atoms in total. The molecule has 0 fully saturated rings. The molecule has 16 heavy (non-hydrogen) atoms. The maximum atomic E-state index is 11.6. The van der Waals surface area contributed by atoms with Crippen molar-refractivity contribution in [1.29, 1.82) is 0 Å². The van der Waals surface area contributed by atoms with Crippen molar-refractivity contribution in [3.8, 4) is 5.75 Å². The lowest BCUT2D eigenvalue weighted by atomic mass is 9.92. The van der Waals surface area contributed by atoms with Crippen LogP contribution in [0.2, 0.25) is 0 Å². The number of rotatable bonds is 2. The van der Waals surface area contributed by atoms with Crippen LogP contribution in [0.25, 0.3) is 11.2 Å². The molecule has 1 aromatic heterocycles. The van der Waals surface area contributed by atoms with Crippen molar-refractivity contribution < 1.29 is 18.7 Å². The van der Waals surface area contributed by atoms with E-state index in [1.165, 1.54) is 0 Å². The molecular formula is C12H14O4. The fourth-order valence-corrected chi connectivity index (χ4v) is 1.37. The first-order chi connectivity index (χ1) is 7.46. The van der Waals surface area contributed by atoms with Gasteiger partial charge in [-0.1, -0.05) is 26.8 Å². The van der Waals surface area contributed by atoms with Gasteiger partial charge in [0.15, 0.2) is 5.75 Å². The normalized spacial score (nSPS) is 11.9. The van der Waals surface area contributed by atoms with E-state index in [2.05, 4.69) is 0 Å². The van der Waals surface area contributed by atoms with Gasteiger partial charge in [-0.25, -0.2) is 0 Å². The zero-order valence-electron chi connectivity index (χ0n) is 9.57. The van der Waals surface area contributed by atoms with Crippen LogP contribution >= 0.6 is 0 Å². The average molecular weight is 222 g/mol. The van der Waals surface area contributed by atoms with Crippen LogP contribution in [-0.2, 0) is 4.79 Å². The summed E-state index contributed by atoms with van der Waals surface area (Å²) in [6, 6.07) is 5.18. The van der Waals surface area contributed by atoms with Crippen LogP contribution in [0.1, 0.15) is 27.2 Å². The van der Waals surface area contributed by atoms with Crippen LogP contribution in [0.4, 0.5) is 0 Å². The van der Waals surface area contributed by atoms with E-state index in [9.17, 15) is 4.79 Å². The number of carbonyl (C=O) groups excluding carboxylic acids is 1. The molecule has 0 aliphatic rings. The lowest BCUT2D eigenvalue weighted by Gasteiger charge is -2.16. The SMILES string of the molecule is CC(C)(C)CC(=O)Oc1cccc2ooc12. The molecule has 0 saturated heterocycles. The molecule has 0 saturated carbocycles. The van der Waals surface area contributed by atoms with Gasteiger partial charge in [0.25, 0.3) is 5.58 Å². The number of esters is 1. The van der Waals surface area contributed by atoms with Crippen LogP contribution in [-0.4, -0.2) is 5.97 Å². The molecule has 0 radical (unpaired) electrons. The van der Waals surface area contributed by atoms with Gasteiger partial charge < -0.3 is 4.74 Å². The Morgan fingerprint density at radius 1 is 1.31 bits per heavy atom. The van der Waals surface area contributed by atoms with Gasteiger partial charge in [-0.2, -0.15) is 0 Å². The van der Waals surface area contributed by atoms with Gasteiger partial charge in [-0.05, 0) is 17.5 Å². The Morgan fingerprint density at radius 3 is 2.62 bits per heavy atom. The minimum absolute atomic E-state index is 0.0870. The Morgan fingerprint density at radius 2 is 2.06 bits per heavy atom. The number of fused-ring (bicyclic) bond motifs is 1. The van der Waals surface area contributed by atoms with Gasteiger partial charge in [0.05, 0.1) is 6.42 Å². The second-order valence-corrected chi connectivity index (χ2v) is 4.96. The highest BCUT2D eigenvalue weighted by molar-refractivity contribution is 5.82. The number of hydrogen-bond donors (Lipinski definition) is 0. The average Bonchev–Trinajstić information content (AvgIpc) is 2.04. The first-order valence-corrected chi connectivity index (χ1v) is 5.14. The summed E-state index contributed by atoms with van der Waals surface area (Å²) in [5, 5.41) is 0. The topological polar surface area (TPSA) is 52.6 Å². The molecule has 0 spiro atoms. The van der Waals surface area contributed by atoms with Crippen LogP contribution in [0.15, 0.2) is 27.4 Å². The van der Waals surface area contributed by atoms with Crippen molar-refractivity contribution in [2.24, 2.45) is 5.41 Å². The third-order valence-electron chi connectivity index (χ3n) is 2.06. The van der Waals surface area contributed by atoms with E-state index >= 15 is 0 Å². The smallest absolute Gasteiger partial charge is 0.311 e. The van der Waals surface area contributed by atoms with Crippen LogP contribution in [0.5, 0.6) is 5.75 Å². The fourth-order valence-electron chi connectivity index (χ4n) is 1.37. The predicted molar refractivity (Wildman–Crippen MR) is 58.2 cm³/mol. The second-order valence-electron chi connectivity index (χ2n) is 4.96. The van der Waals surface area contributed by atoms with Crippen molar-refractivity contribution >= 4 is 17.1 Å². The highest BCUT2D eigenvalue weighted by Gasteiger charge is 2.20. The van der Waals surface area contributed by atoms with Crippen molar-refractivity contribution in [1.82, 2.24) is 0 Å². The maximum Gasteiger partial charge on any atom is 0.311 e. The molecule has 4 heteroatoms. The minimum atomic E-state index is -0.267. The Hall–Kier alpha value is -1.71. The zero-order chi connectivity index (χ0) is 11.8. The van der Waals surface area contributed by atoms with E-state index in [0.29, 0.717) is 23.3 Å². The highest BCUT2D eigenvalue weighted by atomic mass is 17.0. The summed E-state index contributed by atoms with van der Waals surface area (Å²) >= 11 is 0. The Kier molecular flexibility index (Phi) is 2.50. The van der Waals surface area contributed by atoms with Crippen LogP contribution in [0, 0.1) is 5.41 Å². The van der Waals surface area contributed by atoms with E-state index < -0.39 is 0 Å². The molecule has 0 N–H and O–H groups in total. The molecule has 0 bridgehead atoms. The summed E-state index contributed by atoms with van der Waals surface area (Å²) in [4.78, 5) is 11.6. The minimum Gasteiger partial charge on any atom is -0.422 e. The lowest BCUT2D eigenvalue weighted by molar-refractivity contribution is -0.136. The third-order valence-corrected chi connectivity index (χ3v) is 2.06. The molecule has 1 aromatic carbocycles. The van der Waals surface area contributed by atoms with Gasteiger partial charge in [0.1, 0.15) is 0 Å². The predicted octanol–water partition coefficient (Wildman–Crippen LogP) is 3.37. The highest BCUT2D eigenvalue weighted by Crippen LogP contribution is 2.29. The standard InChI is InChI=1S/C12H14O4/c1-12(2,3)7-10(13)14-8-5-4-6-9-11(8)16-15-9/h4-6H,7H2,1-3H3. The quantitative estimate of drug-likeness (QED) is 0.444. The summed E-state index contributed by atoms with van der Waals surface area (Å²) in [6.45, 7) is 5.95. The molecule has 0 aliphatic carbocycles. The summed E-state index contributed by atoms with van der Waals surface area (Å²) in [5.74, 6) is 0.148. The van der Waals surface area contributed by atoms with E-state index in [-0.39, 0.29) is 11.4 Å². The molecule has 0 aliphatic heterocycles. The zero-order valence-corrected chi connectivity index (χ0v) is 9.57. The van der Waals surface area contributed by atoms with Crippen molar-refractivity contribution in [2.75, 3.05) is 0 Å². The van der Waals surface area contributed by atoms with Crippen molar-refractivity contribution in [3.05, 3.63) is 18.2 Å². The molecule has 1 heterocycles. The molecule has 86 valence electrons.